The van der Waals surface area contributed by atoms with E-state index in [1.165, 1.54) is 4.31 Å². The number of anilines is 1. The fourth-order valence-electron chi connectivity index (χ4n) is 3.89. The van der Waals surface area contributed by atoms with Crippen molar-refractivity contribution in [2.24, 2.45) is 0 Å². The van der Waals surface area contributed by atoms with Crippen LogP contribution in [0, 0.1) is 0 Å². The van der Waals surface area contributed by atoms with Gasteiger partial charge in [-0.3, -0.25) is 9.10 Å². The Labute approximate surface area is 201 Å². The number of nitrogens with zero attached hydrogens (tertiary/aromatic N) is 1. The Morgan fingerprint density at radius 2 is 1.47 bits per heavy atom. The lowest BCUT2D eigenvalue weighted by molar-refractivity contribution is -0.119. The summed E-state index contributed by atoms with van der Waals surface area (Å²) in [5, 5.41) is 5.05. The van der Waals surface area contributed by atoms with Crippen LogP contribution in [0.5, 0.6) is 0 Å². The van der Waals surface area contributed by atoms with Gasteiger partial charge in [0.25, 0.3) is 10.0 Å². The van der Waals surface area contributed by atoms with Crippen LogP contribution in [0.25, 0.3) is 10.8 Å². The van der Waals surface area contributed by atoms with Crippen LogP contribution in [-0.4, -0.2) is 20.9 Å². The summed E-state index contributed by atoms with van der Waals surface area (Å²) in [6.45, 7) is 4.15. The van der Waals surface area contributed by atoms with Gasteiger partial charge in [-0.2, -0.15) is 0 Å². The second-order valence-corrected chi connectivity index (χ2v) is 10.3. The predicted molar refractivity (Wildman–Crippen MR) is 137 cm³/mol. The minimum atomic E-state index is -3.93. The molecule has 5 nitrogen and oxygen atoms in total. The van der Waals surface area contributed by atoms with Crippen LogP contribution in [0.15, 0.2) is 102 Å². The maximum atomic E-state index is 13.5. The van der Waals surface area contributed by atoms with E-state index in [-0.39, 0.29) is 17.3 Å². The number of carbonyl (C=O) groups is 1. The van der Waals surface area contributed by atoms with Crippen LogP contribution in [0.1, 0.15) is 30.9 Å². The molecule has 0 aromatic heterocycles. The van der Waals surface area contributed by atoms with Crippen LogP contribution in [0.3, 0.4) is 0 Å². The largest absolute Gasteiger partial charge is 0.350 e. The molecule has 0 atom stereocenters. The summed E-state index contributed by atoms with van der Waals surface area (Å²) in [7, 11) is -3.93. The van der Waals surface area contributed by atoms with Crippen LogP contribution < -0.4 is 9.62 Å². The molecule has 0 heterocycles. The van der Waals surface area contributed by atoms with E-state index >= 15 is 0 Å². The van der Waals surface area contributed by atoms with E-state index in [9.17, 15) is 13.2 Å². The zero-order chi connectivity index (χ0) is 24.1. The number of amides is 1. The molecule has 0 spiro atoms. The van der Waals surface area contributed by atoms with Gasteiger partial charge in [0, 0.05) is 6.54 Å². The third-order valence-electron chi connectivity index (χ3n) is 5.82. The molecule has 0 aliphatic heterocycles. The van der Waals surface area contributed by atoms with E-state index in [1.807, 2.05) is 54.6 Å². The van der Waals surface area contributed by atoms with Gasteiger partial charge in [-0.15, -0.1) is 0 Å². The van der Waals surface area contributed by atoms with Crippen molar-refractivity contribution in [3.8, 4) is 0 Å². The predicted octanol–water partition coefficient (Wildman–Crippen LogP) is 5.47. The Bertz CT molecular complexity index is 1380. The highest BCUT2D eigenvalue weighted by atomic mass is 32.2. The van der Waals surface area contributed by atoms with Crippen LogP contribution in [-0.2, 0) is 21.4 Å². The van der Waals surface area contributed by atoms with E-state index in [0.717, 1.165) is 21.9 Å². The molecule has 0 aliphatic carbocycles. The molecule has 174 valence electrons. The first kappa shape index (κ1) is 23.5. The number of sulfonamides is 1. The van der Waals surface area contributed by atoms with Gasteiger partial charge >= 0.3 is 0 Å². The van der Waals surface area contributed by atoms with Gasteiger partial charge in [0.1, 0.15) is 6.54 Å². The molecule has 0 unspecified atom stereocenters. The molecular weight excluding hydrogens is 444 g/mol. The third kappa shape index (κ3) is 5.13. The Morgan fingerprint density at radius 3 is 2.18 bits per heavy atom. The summed E-state index contributed by atoms with van der Waals surface area (Å²) in [5.74, 6) is -0.0578. The first-order valence-corrected chi connectivity index (χ1v) is 12.7. The van der Waals surface area contributed by atoms with Gasteiger partial charge < -0.3 is 5.32 Å². The lowest BCUT2D eigenvalue weighted by Crippen LogP contribution is -2.40. The molecule has 4 aromatic carbocycles. The van der Waals surface area contributed by atoms with E-state index < -0.39 is 10.0 Å². The number of nitrogens with one attached hydrogen (secondary N) is 1. The second kappa shape index (κ2) is 10.1. The summed E-state index contributed by atoms with van der Waals surface area (Å²) in [6.07, 6.45) is 0. The zero-order valence-electron chi connectivity index (χ0n) is 19.3. The quantitative estimate of drug-likeness (QED) is 0.370. The van der Waals surface area contributed by atoms with Crippen molar-refractivity contribution in [3.05, 3.63) is 108 Å². The van der Waals surface area contributed by atoms with Gasteiger partial charge in [0.05, 0.1) is 10.6 Å². The Hall–Kier alpha value is -3.64. The fraction of sp³-hybridized carbons (Fsp3) is 0.179. The number of rotatable bonds is 8. The molecule has 0 saturated heterocycles. The standard InChI is InChI=1S/C28H28N2O3S/c1-21(2)22-15-17-25(18-16-22)30(34(32,33)26-12-4-3-5-13-26)20-28(31)29-19-24-11-8-10-23-9-6-7-14-27(23)24/h3-18,21H,19-20H2,1-2H3,(H,29,31). The van der Waals surface area contributed by atoms with E-state index in [1.54, 1.807) is 42.5 Å². The van der Waals surface area contributed by atoms with Crippen molar-refractivity contribution in [2.45, 2.75) is 31.2 Å². The van der Waals surface area contributed by atoms with Gasteiger partial charge in [-0.05, 0) is 52.1 Å². The number of carbonyl (C=O) groups excluding carboxylic acids is 1. The summed E-state index contributed by atoms with van der Waals surface area (Å²) in [6, 6.07) is 29.4. The molecule has 0 saturated carbocycles. The smallest absolute Gasteiger partial charge is 0.264 e. The monoisotopic (exact) mass is 472 g/mol. The van der Waals surface area contributed by atoms with Gasteiger partial charge in [0.2, 0.25) is 5.91 Å². The highest BCUT2D eigenvalue weighted by molar-refractivity contribution is 7.92. The molecule has 0 radical (unpaired) electrons. The highest BCUT2D eigenvalue weighted by Crippen LogP contribution is 2.26. The van der Waals surface area contributed by atoms with Gasteiger partial charge in [-0.25, -0.2) is 8.42 Å². The lowest BCUT2D eigenvalue weighted by atomic mass is 10.0. The third-order valence-corrected chi connectivity index (χ3v) is 7.61. The van der Waals surface area contributed by atoms with Crippen molar-refractivity contribution in [1.82, 2.24) is 5.32 Å². The topological polar surface area (TPSA) is 66.5 Å². The Kier molecular flexibility index (Phi) is 6.98. The fourth-order valence-corrected chi connectivity index (χ4v) is 5.33. The van der Waals surface area contributed by atoms with E-state index in [2.05, 4.69) is 19.2 Å². The molecule has 0 aliphatic rings. The van der Waals surface area contributed by atoms with Crippen molar-refractivity contribution in [3.63, 3.8) is 0 Å². The van der Waals surface area contributed by atoms with Gasteiger partial charge in [0.15, 0.2) is 0 Å². The maximum absolute atomic E-state index is 13.5. The minimum absolute atomic E-state index is 0.143. The molecule has 34 heavy (non-hydrogen) atoms. The number of hydrogen-bond acceptors (Lipinski definition) is 3. The molecule has 6 heteroatoms. The summed E-state index contributed by atoms with van der Waals surface area (Å²) in [4.78, 5) is 13.1. The van der Waals surface area contributed by atoms with E-state index in [0.29, 0.717) is 18.2 Å². The average Bonchev–Trinajstić information content (AvgIpc) is 2.86. The summed E-state index contributed by atoms with van der Waals surface area (Å²) < 4.78 is 28.1. The molecular formula is C28H28N2O3S. The molecule has 0 bridgehead atoms. The second-order valence-electron chi connectivity index (χ2n) is 8.49. The molecule has 4 aromatic rings. The molecule has 1 amide bonds. The van der Waals surface area contributed by atoms with Crippen LogP contribution in [0.4, 0.5) is 5.69 Å². The van der Waals surface area contributed by atoms with Crippen LogP contribution >= 0.6 is 0 Å². The molecule has 4 rings (SSSR count). The first-order chi connectivity index (χ1) is 16.4. The lowest BCUT2D eigenvalue weighted by Gasteiger charge is -2.24. The van der Waals surface area contributed by atoms with Gasteiger partial charge in [-0.1, -0.05) is 86.6 Å². The Morgan fingerprint density at radius 1 is 0.824 bits per heavy atom. The van der Waals surface area contributed by atoms with Crippen molar-refractivity contribution in [2.75, 3.05) is 10.8 Å². The van der Waals surface area contributed by atoms with Crippen molar-refractivity contribution in [1.29, 1.82) is 0 Å². The van der Waals surface area contributed by atoms with Crippen LogP contribution in [0.2, 0.25) is 0 Å². The van der Waals surface area contributed by atoms with Crippen molar-refractivity contribution >= 4 is 32.4 Å². The number of fused-ring (bicyclic) bond motifs is 1. The zero-order valence-corrected chi connectivity index (χ0v) is 20.1. The summed E-state index contributed by atoms with van der Waals surface area (Å²) in [5.41, 5.74) is 2.53. The SMILES string of the molecule is CC(C)c1ccc(N(CC(=O)NCc2cccc3ccccc23)S(=O)(=O)c2ccccc2)cc1. The van der Waals surface area contributed by atoms with Crippen molar-refractivity contribution < 1.29 is 13.2 Å². The normalized spacial score (nSPS) is 11.5. The highest BCUT2D eigenvalue weighted by Gasteiger charge is 2.27. The number of benzene rings is 4. The van der Waals surface area contributed by atoms with E-state index in [4.69, 9.17) is 0 Å². The average molecular weight is 473 g/mol. The minimum Gasteiger partial charge on any atom is -0.350 e. The molecule has 0 fully saturated rings. The first-order valence-electron chi connectivity index (χ1n) is 11.3. The number of hydrogen-bond donors (Lipinski definition) is 1. The maximum Gasteiger partial charge on any atom is 0.264 e. The summed E-state index contributed by atoms with van der Waals surface area (Å²) >= 11 is 0. The Balaban J connectivity index is 1.59. The molecule has 1 N–H and O–H groups in total.